The van der Waals surface area contributed by atoms with Crippen LogP contribution >= 0.6 is 11.6 Å². The summed E-state index contributed by atoms with van der Waals surface area (Å²) in [6.07, 6.45) is 3.93. The standard InChI is InChI=1S/C8H11ClFN/c1-5(11)6-3-2-4-7(9)8(6)10/h2-5,7-8H,11H2,1H3. The zero-order chi connectivity index (χ0) is 8.43. The highest BCUT2D eigenvalue weighted by Crippen LogP contribution is 2.23. The Balaban J connectivity index is 2.78. The molecular formula is C8H11ClFN. The minimum atomic E-state index is -1.12. The van der Waals surface area contributed by atoms with E-state index < -0.39 is 11.5 Å². The summed E-state index contributed by atoms with van der Waals surface area (Å²) in [6, 6.07) is -0.254. The Labute approximate surface area is 70.7 Å². The zero-order valence-corrected chi connectivity index (χ0v) is 7.05. The summed E-state index contributed by atoms with van der Waals surface area (Å²) in [5, 5.41) is -0.555. The van der Waals surface area contributed by atoms with Gasteiger partial charge in [0.15, 0.2) is 0 Å². The Bertz CT molecular complexity index is 198. The second-order valence-electron chi connectivity index (χ2n) is 2.69. The van der Waals surface area contributed by atoms with Crippen molar-refractivity contribution in [2.45, 2.75) is 24.5 Å². The third-order valence-corrected chi connectivity index (χ3v) is 2.07. The van der Waals surface area contributed by atoms with E-state index in [1.807, 2.05) is 0 Å². The summed E-state index contributed by atoms with van der Waals surface area (Å²) in [5.74, 6) is 0. The lowest BCUT2D eigenvalue weighted by molar-refractivity contribution is 0.372. The van der Waals surface area contributed by atoms with Gasteiger partial charge in [0.05, 0.1) is 5.38 Å². The predicted molar refractivity (Wildman–Crippen MR) is 45.4 cm³/mol. The van der Waals surface area contributed by atoms with Crippen LogP contribution in [0.25, 0.3) is 0 Å². The van der Waals surface area contributed by atoms with Crippen molar-refractivity contribution in [3.8, 4) is 0 Å². The molecule has 11 heavy (non-hydrogen) atoms. The third kappa shape index (κ3) is 1.82. The minimum absolute atomic E-state index is 0.254. The molecule has 0 saturated heterocycles. The fourth-order valence-corrected chi connectivity index (χ4v) is 1.28. The second kappa shape index (κ2) is 3.37. The first kappa shape index (κ1) is 8.75. The van der Waals surface area contributed by atoms with Crippen LogP contribution in [-0.2, 0) is 0 Å². The van der Waals surface area contributed by atoms with Crippen molar-refractivity contribution in [2.75, 3.05) is 0 Å². The van der Waals surface area contributed by atoms with Crippen LogP contribution in [0.4, 0.5) is 4.39 Å². The summed E-state index contributed by atoms with van der Waals surface area (Å²) < 4.78 is 13.2. The molecule has 1 nitrogen and oxygen atoms in total. The van der Waals surface area contributed by atoms with Crippen molar-refractivity contribution in [3.05, 3.63) is 23.8 Å². The summed E-state index contributed by atoms with van der Waals surface area (Å²) >= 11 is 5.65. The molecule has 0 aromatic carbocycles. The van der Waals surface area contributed by atoms with Gasteiger partial charge in [-0.3, -0.25) is 0 Å². The molecule has 3 atom stereocenters. The van der Waals surface area contributed by atoms with Crippen molar-refractivity contribution in [1.29, 1.82) is 0 Å². The van der Waals surface area contributed by atoms with Crippen molar-refractivity contribution >= 4 is 11.6 Å². The van der Waals surface area contributed by atoms with Gasteiger partial charge in [-0.25, -0.2) is 4.39 Å². The smallest absolute Gasteiger partial charge is 0.143 e. The van der Waals surface area contributed by atoms with E-state index in [-0.39, 0.29) is 6.04 Å². The van der Waals surface area contributed by atoms with Gasteiger partial charge in [-0.15, -0.1) is 11.6 Å². The first-order chi connectivity index (χ1) is 5.13. The van der Waals surface area contributed by atoms with E-state index in [2.05, 4.69) is 0 Å². The molecule has 0 radical (unpaired) electrons. The molecule has 0 saturated carbocycles. The van der Waals surface area contributed by atoms with Gasteiger partial charge in [-0.2, -0.15) is 0 Å². The molecule has 3 unspecified atom stereocenters. The highest BCUT2D eigenvalue weighted by atomic mass is 35.5. The normalized spacial score (nSPS) is 33.3. The molecule has 0 aliphatic heterocycles. The fourth-order valence-electron chi connectivity index (χ4n) is 1.05. The summed E-state index contributed by atoms with van der Waals surface area (Å²) in [5.41, 5.74) is 6.10. The van der Waals surface area contributed by atoms with E-state index in [0.29, 0.717) is 5.57 Å². The van der Waals surface area contributed by atoms with Gasteiger partial charge < -0.3 is 5.73 Å². The molecule has 0 aromatic rings. The van der Waals surface area contributed by atoms with Crippen LogP contribution in [0.5, 0.6) is 0 Å². The van der Waals surface area contributed by atoms with Crippen LogP contribution in [0.1, 0.15) is 6.92 Å². The molecule has 0 spiro atoms. The van der Waals surface area contributed by atoms with Gasteiger partial charge >= 0.3 is 0 Å². The van der Waals surface area contributed by atoms with Crippen molar-refractivity contribution in [1.82, 2.24) is 0 Å². The van der Waals surface area contributed by atoms with Gasteiger partial charge in [0, 0.05) is 6.04 Å². The third-order valence-electron chi connectivity index (χ3n) is 1.71. The molecule has 0 heterocycles. The van der Waals surface area contributed by atoms with Crippen molar-refractivity contribution in [3.63, 3.8) is 0 Å². The topological polar surface area (TPSA) is 26.0 Å². The Morgan fingerprint density at radius 2 is 2.36 bits per heavy atom. The van der Waals surface area contributed by atoms with Gasteiger partial charge in [-0.1, -0.05) is 18.2 Å². The molecule has 62 valence electrons. The maximum absolute atomic E-state index is 13.2. The molecule has 0 amide bonds. The maximum Gasteiger partial charge on any atom is 0.143 e. The molecule has 0 aromatic heterocycles. The molecule has 1 aliphatic carbocycles. The predicted octanol–water partition coefficient (Wildman–Crippen LogP) is 1.78. The average Bonchev–Trinajstić information content (AvgIpc) is 1.94. The fraction of sp³-hybridized carbons (Fsp3) is 0.500. The van der Waals surface area contributed by atoms with Crippen molar-refractivity contribution < 1.29 is 4.39 Å². The number of allylic oxidation sites excluding steroid dienone is 3. The lowest BCUT2D eigenvalue weighted by Gasteiger charge is -2.20. The molecular weight excluding hydrogens is 165 g/mol. The summed E-state index contributed by atoms with van der Waals surface area (Å²) in [7, 11) is 0. The van der Waals surface area contributed by atoms with Crippen LogP contribution in [0.2, 0.25) is 0 Å². The number of hydrogen-bond donors (Lipinski definition) is 1. The SMILES string of the molecule is CC(N)C1=CC=CC(Cl)C1F. The van der Waals surface area contributed by atoms with Gasteiger partial charge in [0.1, 0.15) is 6.17 Å². The van der Waals surface area contributed by atoms with Crippen LogP contribution in [0.3, 0.4) is 0 Å². The van der Waals surface area contributed by atoms with E-state index in [4.69, 9.17) is 17.3 Å². The highest BCUT2D eigenvalue weighted by molar-refractivity contribution is 6.22. The lowest BCUT2D eigenvalue weighted by Crippen LogP contribution is -2.30. The number of alkyl halides is 2. The maximum atomic E-state index is 13.2. The quantitative estimate of drug-likeness (QED) is 0.604. The Hall–Kier alpha value is -0.340. The lowest BCUT2D eigenvalue weighted by atomic mass is 9.97. The monoisotopic (exact) mass is 175 g/mol. The van der Waals surface area contributed by atoms with Gasteiger partial charge in [-0.05, 0) is 12.5 Å². The summed E-state index contributed by atoms with van der Waals surface area (Å²) in [6.45, 7) is 1.75. The average molecular weight is 176 g/mol. The van der Waals surface area contributed by atoms with Gasteiger partial charge in [0.25, 0.3) is 0 Å². The molecule has 0 fully saturated rings. The van der Waals surface area contributed by atoms with Gasteiger partial charge in [0.2, 0.25) is 0 Å². The van der Waals surface area contributed by atoms with Crippen LogP contribution in [0.15, 0.2) is 23.8 Å². The first-order valence-corrected chi connectivity index (χ1v) is 3.98. The minimum Gasteiger partial charge on any atom is -0.324 e. The van der Waals surface area contributed by atoms with E-state index in [0.717, 1.165) is 0 Å². The number of nitrogens with two attached hydrogens (primary N) is 1. The molecule has 3 heteroatoms. The Kier molecular flexibility index (Phi) is 2.68. The number of rotatable bonds is 1. The summed E-state index contributed by atoms with van der Waals surface area (Å²) in [4.78, 5) is 0. The van der Waals surface area contributed by atoms with Crippen LogP contribution < -0.4 is 5.73 Å². The first-order valence-electron chi connectivity index (χ1n) is 3.55. The largest absolute Gasteiger partial charge is 0.324 e. The van der Waals surface area contributed by atoms with Crippen LogP contribution in [-0.4, -0.2) is 17.6 Å². The molecule has 1 aliphatic rings. The van der Waals surface area contributed by atoms with E-state index in [1.165, 1.54) is 0 Å². The van der Waals surface area contributed by atoms with Crippen LogP contribution in [0, 0.1) is 0 Å². The number of halogens is 2. The van der Waals surface area contributed by atoms with E-state index in [9.17, 15) is 4.39 Å². The number of hydrogen-bond acceptors (Lipinski definition) is 1. The Morgan fingerprint density at radius 1 is 1.73 bits per heavy atom. The van der Waals surface area contributed by atoms with E-state index in [1.54, 1.807) is 25.2 Å². The van der Waals surface area contributed by atoms with Crippen molar-refractivity contribution in [2.24, 2.45) is 5.73 Å². The highest BCUT2D eigenvalue weighted by Gasteiger charge is 2.24. The molecule has 1 rings (SSSR count). The Morgan fingerprint density at radius 3 is 2.82 bits per heavy atom. The van der Waals surface area contributed by atoms with E-state index >= 15 is 0 Å². The second-order valence-corrected chi connectivity index (χ2v) is 3.19. The molecule has 2 N–H and O–H groups in total. The molecule has 0 bridgehead atoms. The zero-order valence-electron chi connectivity index (χ0n) is 6.30.